The van der Waals surface area contributed by atoms with Gasteiger partial charge in [-0.25, -0.2) is 9.78 Å². The minimum atomic E-state index is -0.597. The van der Waals surface area contributed by atoms with E-state index in [-0.39, 0.29) is 5.78 Å². The third-order valence-electron chi connectivity index (χ3n) is 3.35. The van der Waals surface area contributed by atoms with Crippen molar-refractivity contribution in [2.45, 2.75) is 38.1 Å². The van der Waals surface area contributed by atoms with E-state index in [2.05, 4.69) is 26.2 Å². The highest BCUT2D eigenvalue weighted by Gasteiger charge is 2.22. The Morgan fingerprint density at radius 2 is 1.88 bits per heavy atom. The van der Waals surface area contributed by atoms with E-state index >= 15 is 0 Å². The summed E-state index contributed by atoms with van der Waals surface area (Å²) in [7, 11) is 0. The molecule has 0 aliphatic rings. The van der Waals surface area contributed by atoms with Crippen molar-refractivity contribution in [2.24, 2.45) is 0 Å². The number of Topliss-reactive ketones (excluding diaryl/α,β-unsaturated/α-hetero) is 1. The predicted octanol–water partition coefficient (Wildman–Crippen LogP) is 5.06. The van der Waals surface area contributed by atoms with Gasteiger partial charge in [0.25, 0.3) is 0 Å². The molecule has 0 spiro atoms. The zero-order chi connectivity index (χ0) is 18.6. The maximum Gasteiger partial charge on any atom is 0.413 e. The van der Waals surface area contributed by atoms with Crippen LogP contribution < -0.4 is 5.32 Å². The summed E-state index contributed by atoms with van der Waals surface area (Å²) in [5, 5.41) is 2.58. The van der Waals surface area contributed by atoms with Gasteiger partial charge in [-0.05, 0) is 51.0 Å². The SMILES string of the molecule is Cc1ccccc1C(=O)C(Br)c1ccnc(NC(=O)OC(C)(C)C)c1. The van der Waals surface area contributed by atoms with E-state index in [0.717, 1.165) is 5.56 Å². The molecule has 0 saturated carbocycles. The van der Waals surface area contributed by atoms with E-state index < -0.39 is 16.5 Å². The van der Waals surface area contributed by atoms with Crippen molar-refractivity contribution in [1.29, 1.82) is 0 Å². The lowest BCUT2D eigenvalue weighted by atomic mass is 9.99. The van der Waals surface area contributed by atoms with Crippen LogP contribution in [0, 0.1) is 6.92 Å². The van der Waals surface area contributed by atoms with E-state index in [9.17, 15) is 9.59 Å². The topological polar surface area (TPSA) is 68.3 Å². The minimum absolute atomic E-state index is 0.0486. The Bertz CT molecular complexity index is 784. The van der Waals surface area contributed by atoms with Crippen LogP contribution in [0.25, 0.3) is 0 Å². The highest BCUT2D eigenvalue weighted by Crippen LogP contribution is 2.29. The number of aryl methyl sites for hydroxylation is 1. The quantitative estimate of drug-likeness (QED) is 0.571. The van der Waals surface area contributed by atoms with Crippen LogP contribution in [0.3, 0.4) is 0 Å². The number of benzene rings is 1. The van der Waals surface area contributed by atoms with Gasteiger partial charge >= 0.3 is 6.09 Å². The molecule has 0 bridgehead atoms. The summed E-state index contributed by atoms with van der Waals surface area (Å²) in [5.41, 5.74) is 1.68. The smallest absolute Gasteiger partial charge is 0.413 e. The van der Waals surface area contributed by atoms with Gasteiger partial charge in [-0.15, -0.1) is 0 Å². The first-order chi connectivity index (χ1) is 11.7. The van der Waals surface area contributed by atoms with Crippen molar-refractivity contribution in [1.82, 2.24) is 4.98 Å². The number of carbonyl (C=O) groups is 2. The Balaban J connectivity index is 2.16. The fourth-order valence-electron chi connectivity index (χ4n) is 2.22. The van der Waals surface area contributed by atoms with E-state index in [0.29, 0.717) is 16.9 Å². The molecule has 2 aromatic rings. The summed E-state index contributed by atoms with van der Waals surface area (Å²) < 4.78 is 5.21. The number of nitrogens with zero attached hydrogens (tertiary/aromatic N) is 1. The number of rotatable bonds is 4. The average Bonchev–Trinajstić information content (AvgIpc) is 2.52. The van der Waals surface area contributed by atoms with Crippen molar-refractivity contribution in [3.05, 3.63) is 59.3 Å². The minimum Gasteiger partial charge on any atom is -0.444 e. The van der Waals surface area contributed by atoms with Gasteiger partial charge in [0.1, 0.15) is 16.2 Å². The molecule has 0 radical (unpaired) electrons. The molecule has 1 aromatic carbocycles. The normalized spacial score (nSPS) is 12.4. The van der Waals surface area contributed by atoms with Crippen LogP contribution in [0.15, 0.2) is 42.6 Å². The molecule has 5 nitrogen and oxygen atoms in total. The lowest BCUT2D eigenvalue weighted by Crippen LogP contribution is -2.27. The van der Waals surface area contributed by atoms with E-state index in [4.69, 9.17) is 4.74 Å². The summed E-state index contributed by atoms with van der Waals surface area (Å²) in [5.74, 6) is 0.279. The molecule has 1 unspecified atom stereocenters. The Hall–Kier alpha value is -2.21. The molecule has 0 aliphatic heterocycles. The van der Waals surface area contributed by atoms with Crippen molar-refractivity contribution in [3.63, 3.8) is 0 Å². The van der Waals surface area contributed by atoms with Crippen molar-refractivity contribution in [3.8, 4) is 0 Å². The Kier molecular flexibility index (Phi) is 5.95. The molecule has 2 rings (SSSR count). The number of nitrogens with one attached hydrogen (secondary N) is 1. The lowest BCUT2D eigenvalue weighted by Gasteiger charge is -2.19. The first-order valence-electron chi connectivity index (χ1n) is 7.87. The first kappa shape index (κ1) is 19.1. The number of ether oxygens (including phenoxy) is 1. The number of hydrogen-bond acceptors (Lipinski definition) is 4. The number of amides is 1. The summed E-state index contributed by atoms with van der Waals surface area (Å²) in [6.45, 7) is 7.25. The van der Waals surface area contributed by atoms with Crippen LogP contribution in [-0.4, -0.2) is 22.5 Å². The molecule has 1 heterocycles. The van der Waals surface area contributed by atoms with E-state index in [1.807, 2.05) is 25.1 Å². The second-order valence-corrected chi connectivity index (χ2v) is 7.56. The van der Waals surface area contributed by atoms with E-state index in [1.54, 1.807) is 45.2 Å². The van der Waals surface area contributed by atoms with Gasteiger partial charge in [-0.2, -0.15) is 0 Å². The van der Waals surface area contributed by atoms with E-state index in [1.165, 1.54) is 0 Å². The molecular formula is C19H21BrN2O3. The number of carbonyl (C=O) groups excluding carboxylic acids is 2. The molecule has 132 valence electrons. The van der Waals surface area contributed by atoms with Crippen LogP contribution >= 0.6 is 15.9 Å². The molecule has 1 amide bonds. The number of ketones is 1. The third kappa shape index (κ3) is 5.39. The molecule has 1 N–H and O–H groups in total. The maximum atomic E-state index is 12.7. The maximum absolute atomic E-state index is 12.7. The van der Waals surface area contributed by atoms with Crippen LogP contribution in [0.4, 0.5) is 10.6 Å². The fraction of sp³-hybridized carbons (Fsp3) is 0.316. The molecule has 1 aromatic heterocycles. The van der Waals surface area contributed by atoms with Gasteiger partial charge in [0.15, 0.2) is 5.78 Å². The lowest BCUT2D eigenvalue weighted by molar-refractivity contribution is 0.0635. The van der Waals surface area contributed by atoms with Crippen molar-refractivity contribution >= 4 is 33.6 Å². The van der Waals surface area contributed by atoms with Crippen LogP contribution in [-0.2, 0) is 4.74 Å². The second kappa shape index (κ2) is 7.78. The van der Waals surface area contributed by atoms with Crippen molar-refractivity contribution in [2.75, 3.05) is 5.32 Å². The summed E-state index contributed by atoms with van der Waals surface area (Å²) >= 11 is 3.45. The number of pyridine rings is 1. The van der Waals surface area contributed by atoms with Gasteiger partial charge in [-0.3, -0.25) is 10.1 Å². The first-order valence-corrected chi connectivity index (χ1v) is 8.79. The number of hydrogen-bond donors (Lipinski definition) is 1. The predicted molar refractivity (Wildman–Crippen MR) is 101 cm³/mol. The summed E-state index contributed by atoms with van der Waals surface area (Å²) in [6.07, 6.45) is 0.954. The zero-order valence-electron chi connectivity index (χ0n) is 14.7. The highest BCUT2D eigenvalue weighted by atomic mass is 79.9. The Labute approximate surface area is 155 Å². The largest absolute Gasteiger partial charge is 0.444 e. The average molecular weight is 405 g/mol. The van der Waals surface area contributed by atoms with Gasteiger partial charge < -0.3 is 4.74 Å². The molecule has 0 aliphatic carbocycles. The highest BCUT2D eigenvalue weighted by molar-refractivity contribution is 9.09. The van der Waals surface area contributed by atoms with Crippen LogP contribution in [0.5, 0.6) is 0 Å². The molecule has 25 heavy (non-hydrogen) atoms. The van der Waals surface area contributed by atoms with Gasteiger partial charge in [0, 0.05) is 11.8 Å². The monoisotopic (exact) mass is 404 g/mol. The second-order valence-electron chi connectivity index (χ2n) is 6.64. The Morgan fingerprint density at radius 1 is 1.20 bits per heavy atom. The number of halogens is 1. The molecule has 0 fully saturated rings. The number of alkyl halides is 1. The van der Waals surface area contributed by atoms with Crippen molar-refractivity contribution < 1.29 is 14.3 Å². The van der Waals surface area contributed by atoms with Crippen LogP contribution in [0.2, 0.25) is 0 Å². The van der Waals surface area contributed by atoms with Gasteiger partial charge in [0.2, 0.25) is 0 Å². The molecule has 0 saturated heterocycles. The third-order valence-corrected chi connectivity index (χ3v) is 4.29. The summed E-state index contributed by atoms with van der Waals surface area (Å²) in [6, 6.07) is 10.8. The molecular weight excluding hydrogens is 384 g/mol. The standard InChI is InChI=1S/C19H21BrN2O3/c1-12-7-5-6-8-14(12)17(23)16(20)13-9-10-21-15(11-13)22-18(24)25-19(2,3)4/h5-11,16H,1-4H3,(H,21,22,24). The molecule has 6 heteroatoms. The number of aromatic nitrogens is 1. The van der Waals surface area contributed by atoms with Crippen LogP contribution in [0.1, 0.15) is 47.1 Å². The summed E-state index contributed by atoms with van der Waals surface area (Å²) in [4.78, 5) is 28.1. The van der Waals surface area contributed by atoms with Gasteiger partial charge in [-0.1, -0.05) is 40.2 Å². The van der Waals surface area contributed by atoms with Gasteiger partial charge in [0.05, 0.1) is 0 Å². The zero-order valence-corrected chi connectivity index (χ0v) is 16.3. The molecule has 1 atom stereocenters. The fourth-order valence-corrected chi connectivity index (χ4v) is 2.75. The number of anilines is 1. The Morgan fingerprint density at radius 3 is 2.52 bits per heavy atom.